The molecule has 0 saturated heterocycles. The van der Waals surface area contributed by atoms with E-state index in [4.69, 9.17) is 10.5 Å². The van der Waals surface area contributed by atoms with Crippen molar-refractivity contribution >= 4 is 17.6 Å². The molecular weight excluding hydrogens is 300 g/mol. The molecule has 0 saturated carbocycles. The van der Waals surface area contributed by atoms with Gasteiger partial charge in [-0.25, -0.2) is 4.79 Å². The highest BCUT2D eigenvalue weighted by Gasteiger charge is 2.26. The largest absolute Gasteiger partial charge is 0.444 e. The van der Waals surface area contributed by atoms with E-state index in [0.29, 0.717) is 5.56 Å². The Morgan fingerprint density at radius 1 is 1.13 bits per heavy atom. The number of benzene rings is 2. The third-order valence-corrected chi connectivity index (χ3v) is 3.31. The van der Waals surface area contributed by atoms with Crippen molar-refractivity contribution < 1.29 is 19.2 Å². The second-order valence-corrected chi connectivity index (χ2v) is 4.81. The quantitative estimate of drug-likeness (QED) is 0.517. The van der Waals surface area contributed by atoms with Gasteiger partial charge in [-0.05, 0) is 13.0 Å². The van der Waals surface area contributed by atoms with Crippen molar-refractivity contribution in [3.05, 3.63) is 75.3 Å². The normalized spacial score (nSPS) is 11.5. The van der Waals surface area contributed by atoms with Gasteiger partial charge in [-0.1, -0.05) is 36.4 Å². The maximum absolute atomic E-state index is 12.3. The van der Waals surface area contributed by atoms with Gasteiger partial charge in [-0.15, -0.1) is 0 Å². The number of esters is 1. The van der Waals surface area contributed by atoms with Crippen LogP contribution >= 0.6 is 0 Å². The van der Waals surface area contributed by atoms with Gasteiger partial charge in [0.25, 0.3) is 11.6 Å². The van der Waals surface area contributed by atoms with Crippen LogP contribution in [0.25, 0.3) is 0 Å². The number of rotatable bonds is 5. The molecular formula is C16H14N2O5. The fourth-order valence-corrected chi connectivity index (χ4v) is 2.13. The lowest BCUT2D eigenvalue weighted by molar-refractivity contribution is -0.385. The first kappa shape index (κ1) is 16.2. The van der Waals surface area contributed by atoms with Crippen molar-refractivity contribution in [3.8, 4) is 0 Å². The zero-order valence-electron chi connectivity index (χ0n) is 12.3. The number of hydrogen-bond donors (Lipinski definition) is 1. The minimum absolute atomic E-state index is 0.0152. The van der Waals surface area contributed by atoms with Gasteiger partial charge in [0, 0.05) is 17.2 Å². The van der Waals surface area contributed by atoms with Crippen LogP contribution in [0.3, 0.4) is 0 Å². The summed E-state index contributed by atoms with van der Waals surface area (Å²) in [7, 11) is 0. The minimum atomic E-state index is -1.26. The number of nitrogens with two attached hydrogens (primary N) is 1. The van der Waals surface area contributed by atoms with Crippen LogP contribution in [0, 0.1) is 17.0 Å². The SMILES string of the molecule is Cc1c(C(=O)OC(C(N)=O)c2ccccc2)cccc1[N+](=O)[O-]. The third-order valence-electron chi connectivity index (χ3n) is 3.31. The summed E-state index contributed by atoms with van der Waals surface area (Å²) in [5, 5.41) is 10.9. The molecule has 0 bridgehead atoms. The molecule has 2 N–H and O–H groups in total. The number of hydrogen-bond acceptors (Lipinski definition) is 5. The van der Waals surface area contributed by atoms with E-state index in [2.05, 4.69) is 0 Å². The molecule has 7 heteroatoms. The molecule has 0 radical (unpaired) electrons. The Morgan fingerprint density at radius 3 is 2.35 bits per heavy atom. The van der Waals surface area contributed by atoms with Gasteiger partial charge in [0.05, 0.1) is 10.5 Å². The van der Waals surface area contributed by atoms with Crippen molar-refractivity contribution in [1.29, 1.82) is 0 Å². The van der Waals surface area contributed by atoms with E-state index in [1.54, 1.807) is 30.3 Å². The summed E-state index contributed by atoms with van der Waals surface area (Å²) < 4.78 is 5.16. The average Bonchev–Trinajstić information content (AvgIpc) is 2.52. The van der Waals surface area contributed by atoms with Crippen LogP contribution in [-0.4, -0.2) is 16.8 Å². The molecule has 23 heavy (non-hydrogen) atoms. The second-order valence-electron chi connectivity index (χ2n) is 4.81. The Balaban J connectivity index is 2.32. The number of ether oxygens (including phenoxy) is 1. The molecule has 0 fully saturated rings. The van der Waals surface area contributed by atoms with E-state index < -0.39 is 22.9 Å². The fraction of sp³-hybridized carbons (Fsp3) is 0.125. The number of nitro groups is 1. The molecule has 0 aliphatic heterocycles. The Hall–Kier alpha value is -3.22. The van der Waals surface area contributed by atoms with Crippen LogP contribution in [0.5, 0.6) is 0 Å². The van der Waals surface area contributed by atoms with Crippen molar-refractivity contribution in [2.75, 3.05) is 0 Å². The molecule has 0 aromatic heterocycles. The lowest BCUT2D eigenvalue weighted by Gasteiger charge is -2.15. The molecule has 1 unspecified atom stereocenters. The highest BCUT2D eigenvalue weighted by atomic mass is 16.6. The minimum Gasteiger partial charge on any atom is -0.444 e. The summed E-state index contributed by atoms with van der Waals surface area (Å²) in [5.74, 6) is -1.67. The highest BCUT2D eigenvalue weighted by Crippen LogP contribution is 2.24. The van der Waals surface area contributed by atoms with Crippen LogP contribution in [0.1, 0.15) is 27.6 Å². The van der Waals surface area contributed by atoms with Gasteiger partial charge < -0.3 is 10.5 Å². The molecule has 0 aliphatic rings. The maximum atomic E-state index is 12.3. The highest BCUT2D eigenvalue weighted by molar-refractivity contribution is 5.94. The monoisotopic (exact) mass is 314 g/mol. The Morgan fingerprint density at radius 2 is 1.78 bits per heavy atom. The van der Waals surface area contributed by atoms with Crippen LogP contribution in [0.15, 0.2) is 48.5 Å². The molecule has 0 heterocycles. The van der Waals surface area contributed by atoms with E-state index in [0.717, 1.165) is 0 Å². The topological polar surface area (TPSA) is 113 Å². The van der Waals surface area contributed by atoms with E-state index in [1.165, 1.54) is 25.1 Å². The Labute approximate surface area is 131 Å². The van der Waals surface area contributed by atoms with Gasteiger partial charge in [0.15, 0.2) is 0 Å². The molecule has 7 nitrogen and oxygen atoms in total. The van der Waals surface area contributed by atoms with Crippen molar-refractivity contribution in [2.45, 2.75) is 13.0 Å². The van der Waals surface area contributed by atoms with Gasteiger partial charge in [-0.2, -0.15) is 0 Å². The van der Waals surface area contributed by atoms with Crippen molar-refractivity contribution in [3.63, 3.8) is 0 Å². The standard InChI is InChI=1S/C16H14N2O5/c1-10-12(8-5-9-13(10)18(21)22)16(20)23-14(15(17)19)11-6-3-2-4-7-11/h2-9,14H,1H3,(H2,17,19). The molecule has 1 amide bonds. The number of amides is 1. The zero-order chi connectivity index (χ0) is 17.0. The van der Waals surface area contributed by atoms with E-state index in [9.17, 15) is 19.7 Å². The lowest BCUT2D eigenvalue weighted by Crippen LogP contribution is -2.26. The van der Waals surface area contributed by atoms with Crippen LogP contribution in [-0.2, 0) is 9.53 Å². The Kier molecular flexibility index (Phi) is 4.70. The Bertz CT molecular complexity index is 758. The number of nitrogens with zero attached hydrogens (tertiary/aromatic N) is 1. The predicted molar refractivity (Wildman–Crippen MR) is 81.6 cm³/mol. The number of carbonyl (C=O) groups excluding carboxylic acids is 2. The average molecular weight is 314 g/mol. The van der Waals surface area contributed by atoms with Crippen LogP contribution in [0.4, 0.5) is 5.69 Å². The van der Waals surface area contributed by atoms with E-state index >= 15 is 0 Å². The summed E-state index contributed by atoms with van der Waals surface area (Å²) in [5.41, 5.74) is 5.70. The van der Waals surface area contributed by atoms with E-state index in [-0.39, 0.29) is 16.8 Å². The molecule has 2 aromatic carbocycles. The number of carbonyl (C=O) groups is 2. The van der Waals surface area contributed by atoms with Gasteiger partial charge >= 0.3 is 5.97 Å². The van der Waals surface area contributed by atoms with Crippen molar-refractivity contribution in [1.82, 2.24) is 0 Å². The summed E-state index contributed by atoms with van der Waals surface area (Å²) in [6, 6.07) is 12.4. The molecule has 2 rings (SSSR count). The second kappa shape index (κ2) is 6.69. The molecule has 2 aromatic rings. The van der Waals surface area contributed by atoms with E-state index in [1.807, 2.05) is 0 Å². The molecule has 0 aliphatic carbocycles. The van der Waals surface area contributed by atoms with Crippen molar-refractivity contribution in [2.24, 2.45) is 5.73 Å². The van der Waals surface area contributed by atoms with Crippen LogP contribution in [0.2, 0.25) is 0 Å². The molecule has 0 spiro atoms. The summed E-state index contributed by atoms with van der Waals surface area (Å²) in [6.07, 6.45) is -1.26. The number of primary amides is 1. The lowest BCUT2D eigenvalue weighted by atomic mass is 10.1. The van der Waals surface area contributed by atoms with Gasteiger partial charge in [0.2, 0.25) is 6.10 Å². The first-order chi connectivity index (χ1) is 10.9. The van der Waals surface area contributed by atoms with Crippen LogP contribution < -0.4 is 5.73 Å². The first-order valence-electron chi connectivity index (χ1n) is 6.71. The number of nitro benzene ring substituents is 1. The summed E-state index contributed by atoms with van der Waals surface area (Å²) in [4.78, 5) is 34.2. The smallest absolute Gasteiger partial charge is 0.339 e. The predicted octanol–water partition coefficient (Wildman–Crippen LogP) is 2.29. The maximum Gasteiger partial charge on any atom is 0.339 e. The molecule has 118 valence electrons. The first-order valence-corrected chi connectivity index (χ1v) is 6.71. The van der Waals surface area contributed by atoms with Gasteiger partial charge in [0.1, 0.15) is 0 Å². The summed E-state index contributed by atoms with van der Waals surface area (Å²) >= 11 is 0. The van der Waals surface area contributed by atoms with Gasteiger partial charge in [-0.3, -0.25) is 14.9 Å². The third kappa shape index (κ3) is 3.52. The molecule has 1 atom stereocenters. The fourth-order valence-electron chi connectivity index (χ4n) is 2.13. The summed E-state index contributed by atoms with van der Waals surface area (Å²) in [6.45, 7) is 1.44. The zero-order valence-corrected chi connectivity index (χ0v) is 12.3.